The molecule has 0 aromatic heterocycles. The van der Waals surface area contributed by atoms with Crippen LogP contribution in [0.25, 0.3) is 17.2 Å². The van der Waals surface area contributed by atoms with Crippen LogP contribution >= 0.6 is 0 Å². The molecule has 1 unspecified atom stereocenters. The topological polar surface area (TPSA) is 21.7 Å². The van der Waals surface area contributed by atoms with E-state index < -0.39 is 0 Å². The summed E-state index contributed by atoms with van der Waals surface area (Å²) < 4.78 is 12.2. The second-order valence-corrected chi connectivity index (χ2v) is 9.99. The Hall–Kier alpha value is -3.30. The maximum Gasteiger partial charge on any atom is 0.150 e. The van der Waals surface area contributed by atoms with Crippen LogP contribution in [0.5, 0.6) is 11.5 Å². The zero-order chi connectivity index (χ0) is 24.4. The van der Waals surface area contributed by atoms with Crippen molar-refractivity contribution in [2.45, 2.75) is 33.3 Å². The summed E-state index contributed by atoms with van der Waals surface area (Å²) in [6.45, 7) is 10.1. The molecule has 0 N–H and O–H groups in total. The molecule has 3 aromatic carbocycles. The van der Waals surface area contributed by atoms with Gasteiger partial charge in [0, 0.05) is 24.2 Å². The van der Waals surface area contributed by atoms with E-state index in [1.54, 1.807) is 7.11 Å². The molecular weight excluding hydrogens is 430 g/mol. The molecule has 180 valence electrons. The Bertz CT molecular complexity index is 1250. The molecule has 3 nitrogen and oxygen atoms in total. The van der Waals surface area contributed by atoms with Crippen molar-refractivity contribution in [2.24, 2.45) is 5.92 Å². The smallest absolute Gasteiger partial charge is 0.150 e. The van der Waals surface area contributed by atoms with E-state index in [2.05, 4.69) is 92.4 Å². The fraction of sp³-hybridized carbons (Fsp3) is 0.312. The van der Waals surface area contributed by atoms with Crippen LogP contribution in [-0.4, -0.2) is 31.6 Å². The van der Waals surface area contributed by atoms with Crippen molar-refractivity contribution in [3.8, 4) is 11.5 Å². The van der Waals surface area contributed by atoms with Crippen molar-refractivity contribution in [3.63, 3.8) is 0 Å². The minimum absolute atomic E-state index is 0.179. The Labute approximate surface area is 209 Å². The van der Waals surface area contributed by atoms with Crippen molar-refractivity contribution < 1.29 is 9.47 Å². The summed E-state index contributed by atoms with van der Waals surface area (Å²) >= 11 is 0. The Morgan fingerprint density at radius 1 is 1.03 bits per heavy atom. The normalized spacial score (nSPS) is 20.2. The lowest BCUT2D eigenvalue weighted by Gasteiger charge is -2.31. The van der Waals surface area contributed by atoms with Crippen molar-refractivity contribution >= 4 is 17.2 Å². The lowest BCUT2D eigenvalue weighted by atomic mass is 9.85. The SMILES string of the molecule is COc1cccc(C2=C(C)c3cc(C)ccc3OC2c2ccc(/C=C\CN3CC[C@@H](C)C3)cc2)c1. The number of nitrogens with zero attached hydrogens (tertiary/aromatic N) is 1. The molecule has 3 heteroatoms. The van der Waals surface area contributed by atoms with Crippen molar-refractivity contribution in [1.29, 1.82) is 0 Å². The molecule has 0 amide bonds. The number of likely N-dealkylation sites (tertiary alicyclic amines) is 1. The third kappa shape index (κ3) is 5.06. The van der Waals surface area contributed by atoms with Crippen LogP contribution in [0.3, 0.4) is 0 Å². The number of benzene rings is 3. The minimum atomic E-state index is -0.179. The highest BCUT2D eigenvalue weighted by atomic mass is 16.5. The molecule has 0 aliphatic carbocycles. The zero-order valence-electron chi connectivity index (χ0n) is 21.3. The second-order valence-electron chi connectivity index (χ2n) is 9.99. The molecule has 3 aromatic rings. The molecule has 35 heavy (non-hydrogen) atoms. The Morgan fingerprint density at radius 3 is 2.60 bits per heavy atom. The third-order valence-corrected chi connectivity index (χ3v) is 7.25. The van der Waals surface area contributed by atoms with E-state index in [0.717, 1.165) is 40.7 Å². The number of rotatable bonds is 6. The first kappa shape index (κ1) is 23.4. The van der Waals surface area contributed by atoms with E-state index in [4.69, 9.17) is 9.47 Å². The first-order valence-corrected chi connectivity index (χ1v) is 12.6. The van der Waals surface area contributed by atoms with Crippen LogP contribution < -0.4 is 9.47 Å². The average Bonchev–Trinajstić information content (AvgIpc) is 3.29. The highest BCUT2D eigenvalue weighted by Crippen LogP contribution is 2.47. The third-order valence-electron chi connectivity index (χ3n) is 7.25. The summed E-state index contributed by atoms with van der Waals surface area (Å²) in [5, 5.41) is 0. The Balaban J connectivity index is 1.45. The average molecular weight is 466 g/mol. The van der Waals surface area contributed by atoms with Gasteiger partial charge < -0.3 is 9.47 Å². The van der Waals surface area contributed by atoms with Crippen molar-refractivity contribution in [1.82, 2.24) is 4.90 Å². The summed E-state index contributed by atoms with van der Waals surface area (Å²) in [5.74, 6) is 2.61. The van der Waals surface area contributed by atoms with E-state index in [1.165, 1.54) is 41.8 Å². The Morgan fingerprint density at radius 2 is 1.86 bits per heavy atom. The highest BCUT2D eigenvalue weighted by Gasteiger charge is 2.29. The minimum Gasteiger partial charge on any atom is -0.497 e. The number of allylic oxidation sites excluding steroid dienone is 1. The molecule has 0 spiro atoms. The monoisotopic (exact) mass is 465 g/mol. The number of ether oxygens (including phenoxy) is 2. The molecule has 1 fully saturated rings. The largest absolute Gasteiger partial charge is 0.497 e. The van der Waals surface area contributed by atoms with Gasteiger partial charge in [-0.1, -0.05) is 67.1 Å². The van der Waals surface area contributed by atoms with Crippen LogP contribution in [0.15, 0.2) is 72.8 Å². The van der Waals surface area contributed by atoms with E-state index >= 15 is 0 Å². The summed E-state index contributed by atoms with van der Waals surface area (Å²) in [5.41, 5.74) is 8.33. The Kier molecular flexibility index (Phi) is 6.79. The highest BCUT2D eigenvalue weighted by molar-refractivity contribution is 5.95. The van der Waals surface area contributed by atoms with Gasteiger partial charge in [0.2, 0.25) is 0 Å². The molecule has 2 aliphatic rings. The van der Waals surface area contributed by atoms with Gasteiger partial charge in [0.15, 0.2) is 0 Å². The predicted molar refractivity (Wildman–Crippen MR) is 146 cm³/mol. The maximum atomic E-state index is 6.66. The molecular formula is C32H35NO2. The molecule has 0 saturated carbocycles. The van der Waals surface area contributed by atoms with E-state index in [1.807, 2.05) is 12.1 Å². The quantitative estimate of drug-likeness (QED) is 0.378. The van der Waals surface area contributed by atoms with Gasteiger partial charge in [0.1, 0.15) is 17.6 Å². The number of fused-ring (bicyclic) bond motifs is 1. The van der Waals surface area contributed by atoms with Crippen molar-refractivity contribution in [3.05, 3.63) is 101 Å². The zero-order valence-corrected chi connectivity index (χ0v) is 21.3. The summed E-state index contributed by atoms with van der Waals surface area (Å²) in [6.07, 6.45) is 5.65. The van der Waals surface area contributed by atoms with Crippen LogP contribution in [0.4, 0.5) is 0 Å². The summed E-state index contributed by atoms with van der Waals surface area (Å²) in [7, 11) is 1.71. The molecule has 2 atom stereocenters. The fourth-order valence-electron chi connectivity index (χ4n) is 5.27. The van der Waals surface area contributed by atoms with Crippen LogP contribution in [0.1, 0.15) is 54.2 Å². The van der Waals surface area contributed by atoms with Gasteiger partial charge in [-0.2, -0.15) is 0 Å². The summed E-state index contributed by atoms with van der Waals surface area (Å²) in [4.78, 5) is 2.53. The molecule has 0 bridgehead atoms. The molecule has 2 aliphatic heterocycles. The number of hydrogen-bond acceptors (Lipinski definition) is 3. The van der Waals surface area contributed by atoms with Gasteiger partial charge in [0.05, 0.1) is 7.11 Å². The van der Waals surface area contributed by atoms with Gasteiger partial charge in [-0.05, 0) is 79.3 Å². The fourth-order valence-corrected chi connectivity index (χ4v) is 5.27. The molecule has 1 saturated heterocycles. The van der Waals surface area contributed by atoms with Crippen LogP contribution in [0.2, 0.25) is 0 Å². The van der Waals surface area contributed by atoms with Crippen LogP contribution in [0, 0.1) is 12.8 Å². The van der Waals surface area contributed by atoms with E-state index in [9.17, 15) is 0 Å². The van der Waals surface area contributed by atoms with E-state index in [-0.39, 0.29) is 6.10 Å². The first-order chi connectivity index (χ1) is 17.0. The molecule has 2 heterocycles. The van der Waals surface area contributed by atoms with Gasteiger partial charge in [0.25, 0.3) is 0 Å². The van der Waals surface area contributed by atoms with Gasteiger partial charge in [-0.15, -0.1) is 0 Å². The molecule has 0 radical (unpaired) electrons. The second kappa shape index (κ2) is 10.1. The number of methoxy groups -OCH3 is 1. The standard InChI is InChI=1S/C32H35NO2/c1-22-10-15-30-29(19-22)24(3)31(27-8-5-9-28(20-27)34-4)32(35-30)26-13-11-25(12-14-26)7-6-17-33-18-16-23(2)21-33/h5-15,19-20,23,32H,16-18,21H2,1-4H3/b7-6-/t23-,32?/m1/s1. The summed E-state index contributed by atoms with van der Waals surface area (Å²) in [6, 6.07) is 23.5. The lowest BCUT2D eigenvalue weighted by molar-refractivity contribution is 0.260. The van der Waals surface area contributed by atoms with Crippen molar-refractivity contribution in [2.75, 3.05) is 26.7 Å². The van der Waals surface area contributed by atoms with E-state index in [0.29, 0.717) is 0 Å². The van der Waals surface area contributed by atoms with Gasteiger partial charge >= 0.3 is 0 Å². The predicted octanol–water partition coefficient (Wildman–Crippen LogP) is 7.42. The van der Waals surface area contributed by atoms with Gasteiger partial charge in [-0.3, -0.25) is 4.90 Å². The maximum absolute atomic E-state index is 6.66. The van der Waals surface area contributed by atoms with Crippen LogP contribution in [-0.2, 0) is 0 Å². The van der Waals surface area contributed by atoms with Gasteiger partial charge in [-0.25, -0.2) is 0 Å². The number of hydrogen-bond donors (Lipinski definition) is 0. The number of aryl methyl sites for hydroxylation is 1. The first-order valence-electron chi connectivity index (χ1n) is 12.6. The molecule has 5 rings (SSSR count). The lowest BCUT2D eigenvalue weighted by Crippen LogP contribution is -2.19.